The van der Waals surface area contributed by atoms with Crippen LogP contribution >= 0.6 is 22.6 Å². The molecule has 4 heteroatoms. The van der Waals surface area contributed by atoms with Crippen molar-refractivity contribution < 1.29 is 9.15 Å². The third kappa shape index (κ3) is 3.12. The number of halogens is 1. The van der Waals surface area contributed by atoms with Crippen LogP contribution in [0.3, 0.4) is 0 Å². The van der Waals surface area contributed by atoms with Gasteiger partial charge in [0.2, 0.25) is 0 Å². The average molecular weight is 493 g/mol. The van der Waals surface area contributed by atoms with Crippen LogP contribution in [0.4, 0.5) is 5.69 Å². The predicted molar refractivity (Wildman–Crippen MR) is 126 cm³/mol. The summed E-state index contributed by atoms with van der Waals surface area (Å²) in [4.78, 5) is 2.10. The van der Waals surface area contributed by atoms with Gasteiger partial charge >= 0.3 is 0 Å². The summed E-state index contributed by atoms with van der Waals surface area (Å²) in [5.41, 5.74) is 5.46. The maximum atomic E-state index is 6.50. The Bertz CT molecular complexity index is 1160. The molecule has 1 aliphatic rings. The molecule has 0 N–H and O–H groups in total. The topological polar surface area (TPSA) is 25.6 Å². The van der Waals surface area contributed by atoms with Crippen molar-refractivity contribution in [2.45, 2.75) is 6.10 Å². The first kappa shape index (κ1) is 18.3. The summed E-state index contributed by atoms with van der Waals surface area (Å²) in [5.74, 6) is 2.65. The normalized spacial score (nSPS) is 14.7. The second kappa shape index (κ2) is 7.26. The molecule has 1 unspecified atom stereocenters. The molecule has 0 amide bonds. The molecule has 0 saturated heterocycles. The number of anilines is 1. The summed E-state index contributed by atoms with van der Waals surface area (Å²) in [5, 5.41) is 0. The standard InChI is InChI=1S/C25H20INO2/c1-27(2)18-14-12-17(13-15-18)23-21-22(26)24(16-8-4-3-5-9-16)29-25(21)19-10-6-7-11-20(19)28-23/h3-15,23H,1-2H3. The van der Waals surface area contributed by atoms with Gasteiger partial charge in [0, 0.05) is 25.3 Å². The van der Waals surface area contributed by atoms with Gasteiger partial charge in [0.25, 0.3) is 0 Å². The van der Waals surface area contributed by atoms with Crippen molar-refractivity contribution in [3.63, 3.8) is 0 Å². The van der Waals surface area contributed by atoms with E-state index in [-0.39, 0.29) is 6.10 Å². The van der Waals surface area contributed by atoms with Crippen LogP contribution in [0.25, 0.3) is 22.6 Å². The lowest BCUT2D eigenvalue weighted by atomic mass is 9.95. The second-order valence-corrected chi connectivity index (χ2v) is 8.41. The molecular weight excluding hydrogens is 473 g/mol. The largest absolute Gasteiger partial charge is 0.480 e. The minimum Gasteiger partial charge on any atom is -0.480 e. The first-order chi connectivity index (χ1) is 14.1. The zero-order valence-electron chi connectivity index (χ0n) is 16.2. The van der Waals surface area contributed by atoms with Crippen LogP contribution in [0.1, 0.15) is 17.2 Å². The summed E-state index contributed by atoms with van der Waals surface area (Å²) in [6, 6.07) is 26.9. The lowest BCUT2D eigenvalue weighted by Crippen LogP contribution is -2.15. The number of benzene rings is 3. The highest BCUT2D eigenvalue weighted by atomic mass is 127. The maximum Gasteiger partial charge on any atom is 0.154 e. The van der Waals surface area contributed by atoms with Gasteiger partial charge in [0.15, 0.2) is 6.10 Å². The molecule has 0 radical (unpaired) electrons. The van der Waals surface area contributed by atoms with Crippen LogP contribution in [-0.4, -0.2) is 14.1 Å². The number of hydrogen-bond acceptors (Lipinski definition) is 3. The Morgan fingerprint density at radius 2 is 1.48 bits per heavy atom. The third-order valence-electron chi connectivity index (χ3n) is 5.27. The smallest absolute Gasteiger partial charge is 0.154 e. The van der Waals surface area contributed by atoms with Crippen LogP contribution in [0.5, 0.6) is 5.75 Å². The van der Waals surface area contributed by atoms with Crippen molar-refractivity contribution in [2.24, 2.45) is 0 Å². The Morgan fingerprint density at radius 1 is 0.793 bits per heavy atom. The van der Waals surface area contributed by atoms with Crippen molar-refractivity contribution in [3.05, 3.63) is 93.6 Å². The van der Waals surface area contributed by atoms with Crippen LogP contribution in [0.15, 0.2) is 83.3 Å². The number of rotatable bonds is 3. The van der Waals surface area contributed by atoms with E-state index < -0.39 is 0 Å². The summed E-state index contributed by atoms with van der Waals surface area (Å²) < 4.78 is 14.1. The van der Waals surface area contributed by atoms with E-state index in [1.807, 2.05) is 50.5 Å². The zero-order valence-corrected chi connectivity index (χ0v) is 18.4. The molecule has 144 valence electrons. The predicted octanol–water partition coefficient (Wildman–Crippen LogP) is 6.77. The van der Waals surface area contributed by atoms with Crippen molar-refractivity contribution in [2.75, 3.05) is 19.0 Å². The molecule has 3 aromatic carbocycles. The highest BCUT2D eigenvalue weighted by Crippen LogP contribution is 2.50. The first-order valence-electron chi connectivity index (χ1n) is 9.54. The van der Waals surface area contributed by atoms with Gasteiger partial charge in [-0.2, -0.15) is 0 Å². The Morgan fingerprint density at radius 3 is 2.21 bits per heavy atom. The van der Waals surface area contributed by atoms with Gasteiger partial charge in [-0.3, -0.25) is 0 Å². The molecule has 0 fully saturated rings. The van der Waals surface area contributed by atoms with Crippen molar-refractivity contribution in [1.29, 1.82) is 0 Å². The van der Waals surface area contributed by atoms with Crippen molar-refractivity contribution in [3.8, 4) is 28.4 Å². The molecule has 2 heterocycles. The minimum absolute atomic E-state index is 0.204. The van der Waals surface area contributed by atoms with Gasteiger partial charge in [-0.25, -0.2) is 0 Å². The van der Waals surface area contributed by atoms with Gasteiger partial charge in [-0.15, -0.1) is 0 Å². The van der Waals surface area contributed by atoms with E-state index in [1.165, 1.54) is 0 Å². The Hall–Kier alpha value is -2.73. The Balaban J connectivity index is 1.69. The first-order valence-corrected chi connectivity index (χ1v) is 10.6. The monoisotopic (exact) mass is 493 g/mol. The van der Waals surface area contributed by atoms with Gasteiger partial charge in [-0.05, 0) is 52.4 Å². The minimum atomic E-state index is -0.204. The number of para-hydroxylation sites is 1. The molecule has 5 rings (SSSR count). The van der Waals surface area contributed by atoms with Gasteiger partial charge < -0.3 is 14.1 Å². The van der Waals surface area contributed by atoms with Crippen molar-refractivity contribution in [1.82, 2.24) is 0 Å². The SMILES string of the molecule is CN(C)c1ccc(C2Oc3ccccc3-c3oc(-c4ccccc4)c(I)c32)cc1. The Labute approximate surface area is 184 Å². The van der Waals surface area contributed by atoms with Crippen molar-refractivity contribution >= 4 is 28.3 Å². The lowest BCUT2D eigenvalue weighted by molar-refractivity contribution is 0.240. The van der Waals surface area contributed by atoms with Crippen LogP contribution in [0.2, 0.25) is 0 Å². The van der Waals surface area contributed by atoms with E-state index in [1.54, 1.807) is 0 Å². The second-order valence-electron chi connectivity index (χ2n) is 7.33. The molecule has 1 aromatic heterocycles. The van der Waals surface area contributed by atoms with E-state index in [4.69, 9.17) is 9.15 Å². The summed E-state index contributed by atoms with van der Waals surface area (Å²) in [6.07, 6.45) is -0.204. The van der Waals surface area contributed by atoms with E-state index in [9.17, 15) is 0 Å². The van der Waals surface area contributed by atoms with Crippen LogP contribution in [-0.2, 0) is 0 Å². The fraction of sp³-hybridized carbons (Fsp3) is 0.120. The fourth-order valence-electron chi connectivity index (χ4n) is 3.76. The molecule has 1 aliphatic heterocycles. The molecule has 29 heavy (non-hydrogen) atoms. The summed E-state index contributed by atoms with van der Waals surface area (Å²) >= 11 is 2.40. The summed E-state index contributed by atoms with van der Waals surface area (Å²) in [7, 11) is 4.09. The van der Waals surface area contributed by atoms with E-state index >= 15 is 0 Å². The number of hydrogen-bond donors (Lipinski definition) is 0. The van der Waals surface area contributed by atoms with Crippen LogP contribution in [0, 0.1) is 3.57 Å². The molecule has 4 aromatic rings. The highest BCUT2D eigenvalue weighted by molar-refractivity contribution is 14.1. The molecule has 0 bridgehead atoms. The van der Waals surface area contributed by atoms with E-state index in [2.05, 4.69) is 70.0 Å². The van der Waals surface area contributed by atoms with Gasteiger partial charge in [0.05, 0.1) is 14.7 Å². The Kier molecular flexibility index (Phi) is 4.59. The van der Waals surface area contributed by atoms with Gasteiger partial charge in [0.1, 0.15) is 17.3 Å². The molecule has 3 nitrogen and oxygen atoms in total. The molecule has 0 spiro atoms. The molecule has 0 aliphatic carbocycles. The highest BCUT2D eigenvalue weighted by Gasteiger charge is 2.34. The molecule has 1 atom stereocenters. The van der Waals surface area contributed by atoms with E-state index in [0.717, 1.165) is 48.8 Å². The lowest BCUT2D eigenvalue weighted by Gasteiger charge is -2.26. The quantitative estimate of drug-likeness (QED) is 0.295. The van der Waals surface area contributed by atoms with Gasteiger partial charge in [-0.1, -0.05) is 54.6 Å². The number of nitrogens with zero attached hydrogens (tertiary/aromatic N) is 1. The molecule has 0 saturated carbocycles. The van der Waals surface area contributed by atoms with Crippen LogP contribution < -0.4 is 9.64 Å². The zero-order chi connectivity index (χ0) is 20.0. The summed E-state index contributed by atoms with van der Waals surface area (Å²) in [6.45, 7) is 0. The fourth-order valence-corrected chi connectivity index (χ4v) is 4.71. The number of fused-ring (bicyclic) bond motifs is 3. The number of ether oxygens (including phenoxy) is 1. The molecular formula is C25H20INO2. The average Bonchev–Trinajstić information content (AvgIpc) is 3.11. The maximum absolute atomic E-state index is 6.50. The van der Waals surface area contributed by atoms with E-state index in [0.29, 0.717) is 0 Å². The third-order valence-corrected chi connectivity index (χ3v) is 6.34. The number of furan rings is 1.